The molecule has 4 aromatic rings. The summed E-state index contributed by atoms with van der Waals surface area (Å²) in [6.45, 7) is 2.87. The highest BCUT2D eigenvalue weighted by Crippen LogP contribution is 2.21. The van der Waals surface area contributed by atoms with Crippen LogP contribution in [-0.2, 0) is 17.9 Å². The molecule has 0 unspecified atom stereocenters. The highest BCUT2D eigenvalue weighted by molar-refractivity contribution is 5.90. The number of nitrogens with zero attached hydrogens (tertiary/aromatic N) is 4. The van der Waals surface area contributed by atoms with Crippen molar-refractivity contribution in [2.45, 2.75) is 45.8 Å². The number of hydrogen-bond acceptors (Lipinski definition) is 6. The highest BCUT2D eigenvalue weighted by atomic mass is 19.1. The Morgan fingerprint density at radius 3 is 2.59 bits per heavy atom. The first-order valence-corrected chi connectivity index (χ1v) is 12.4. The van der Waals surface area contributed by atoms with Gasteiger partial charge in [-0.25, -0.2) is 4.39 Å². The Balaban J connectivity index is 1.27. The molecule has 1 N–H and O–H groups in total. The first kappa shape index (κ1) is 25.8. The maximum atomic E-state index is 13.7. The van der Waals surface area contributed by atoms with Gasteiger partial charge >= 0.3 is 0 Å². The predicted molar refractivity (Wildman–Crippen MR) is 139 cm³/mol. The fourth-order valence-corrected chi connectivity index (χ4v) is 3.61. The summed E-state index contributed by atoms with van der Waals surface area (Å²) in [5.74, 6) is 1.11. The van der Waals surface area contributed by atoms with Crippen molar-refractivity contribution in [2.24, 2.45) is 0 Å². The average molecular weight is 504 g/mol. The third-order valence-electron chi connectivity index (χ3n) is 5.59. The van der Waals surface area contributed by atoms with Gasteiger partial charge in [-0.15, -0.1) is 10.2 Å². The largest absolute Gasteiger partial charge is 0.494 e. The van der Waals surface area contributed by atoms with Gasteiger partial charge in [-0.1, -0.05) is 50.5 Å². The first-order chi connectivity index (χ1) is 18.1. The second kappa shape index (κ2) is 13.2. The second-order valence-corrected chi connectivity index (χ2v) is 8.53. The van der Waals surface area contributed by atoms with Gasteiger partial charge in [0.05, 0.1) is 6.61 Å². The summed E-state index contributed by atoms with van der Waals surface area (Å²) in [6, 6.07) is 20.9. The van der Waals surface area contributed by atoms with E-state index in [2.05, 4.69) is 27.7 Å². The molecule has 3 aromatic carbocycles. The molecule has 192 valence electrons. The zero-order valence-electron chi connectivity index (χ0n) is 20.8. The highest BCUT2D eigenvalue weighted by Gasteiger charge is 2.11. The maximum absolute atomic E-state index is 13.7. The van der Waals surface area contributed by atoms with Crippen LogP contribution in [0.3, 0.4) is 0 Å². The van der Waals surface area contributed by atoms with E-state index in [1.54, 1.807) is 54.6 Å². The molecule has 0 saturated heterocycles. The summed E-state index contributed by atoms with van der Waals surface area (Å²) in [5.41, 5.74) is 1.84. The Morgan fingerprint density at radius 2 is 1.78 bits per heavy atom. The van der Waals surface area contributed by atoms with Crippen molar-refractivity contribution in [2.75, 3.05) is 11.9 Å². The average Bonchev–Trinajstić information content (AvgIpc) is 3.37. The lowest BCUT2D eigenvalue weighted by Gasteiger charge is -2.09. The van der Waals surface area contributed by atoms with Gasteiger partial charge < -0.3 is 14.8 Å². The standard InChI is InChI=1S/C28H30FN5O3/c1-2-3-4-7-17-36-25-11-8-10-23(18-25)30-27(35)19-34-32-28(31-33-34)21-13-15-24(16-14-21)37-20-22-9-5-6-12-26(22)29/h5-6,8-16,18H,2-4,7,17,19-20H2,1H3,(H,30,35). The summed E-state index contributed by atoms with van der Waals surface area (Å²) in [4.78, 5) is 13.7. The molecule has 0 radical (unpaired) electrons. The van der Waals surface area contributed by atoms with E-state index in [9.17, 15) is 9.18 Å². The topological polar surface area (TPSA) is 91.2 Å². The Bertz CT molecular complexity index is 1290. The summed E-state index contributed by atoms with van der Waals surface area (Å²) < 4.78 is 25.2. The van der Waals surface area contributed by atoms with Crippen LogP contribution < -0.4 is 14.8 Å². The van der Waals surface area contributed by atoms with Gasteiger partial charge in [0.2, 0.25) is 11.7 Å². The summed E-state index contributed by atoms with van der Waals surface area (Å²) >= 11 is 0. The third kappa shape index (κ3) is 7.86. The molecule has 8 nitrogen and oxygen atoms in total. The van der Waals surface area contributed by atoms with E-state index in [-0.39, 0.29) is 24.9 Å². The quantitative estimate of drug-likeness (QED) is 0.237. The summed E-state index contributed by atoms with van der Waals surface area (Å²) in [6.07, 6.45) is 4.54. The fourth-order valence-electron chi connectivity index (χ4n) is 3.61. The molecule has 4 rings (SSSR count). The Labute approximate surface area is 215 Å². The van der Waals surface area contributed by atoms with E-state index in [1.807, 2.05) is 12.1 Å². The lowest BCUT2D eigenvalue weighted by molar-refractivity contribution is -0.117. The molecular weight excluding hydrogens is 473 g/mol. The molecule has 0 saturated carbocycles. The number of unbranched alkanes of at least 4 members (excludes halogenated alkanes) is 3. The first-order valence-electron chi connectivity index (χ1n) is 12.4. The van der Waals surface area contributed by atoms with Crippen LogP contribution in [0.15, 0.2) is 72.8 Å². The maximum Gasteiger partial charge on any atom is 0.248 e. The number of hydrogen-bond donors (Lipinski definition) is 1. The number of tetrazole rings is 1. The van der Waals surface area contributed by atoms with Crippen LogP contribution in [0.25, 0.3) is 11.4 Å². The number of carbonyl (C=O) groups excluding carboxylic acids is 1. The molecule has 0 aliphatic rings. The zero-order chi connectivity index (χ0) is 25.9. The van der Waals surface area contributed by atoms with Gasteiger partial charge in [0.15, 0.2) is 0 Å². The van der Waals surface area contributed by atoms with E-state index in [0.717, 1.165) is 18.6 Å². The molecule has 9 heteroatoms. The van der Waals surface area contributed by atoms with Crippen molar-refractivity contribution >= 4 is 11.6 Å². The number of benzene rings is 3. The van der Waals surface area contributed by atoms with Crippen molar-refractivity contribution in [3.63, 3.8) is 0 Å². The molecule has 0 bridgehead atoms. The van der Waals surface area contributed by atoms with Crippen molar-refractivity contribution in [1.29, 1.82) is 0 Å². The van der Waals surface area contributed by atoms with Gasteiger partial charge in [-0.2, -0.15) is 4.80 Å². The minimum atomic E-state index is -0.303. The van der Waals surface area contributed by atoms with Crippen LogP contribution in [0.5, 0.6) is 11.5 Å². The molecule has 0 aliphatic carbocycles. The van der Waals surface area contributed by atoms with Gasteiger partial charge in [-0.3, -0.25) is 4.79 Å². The van der Waals surface area contributed by atoms with Crippen molar-refractivity contribution in [3.8, 4) is 22.9 Å². The van der Waals surface area contributed by atoms with Crippen molar-refractivity contribution < 1.29 is 18.7 Å². The Kier molecular flexibility index (Phi) is 9.18. The number of amides is 1. The number of anilines is 1. The third-order valence-corrected chi connectivity index (χ3v) is 5.59. The van der Waals surface area contributed by atoms with E-state index < -0.39 is 0 Å². The van der Waals surface area contributed by atoms with Crippen LogP contribution in [0.1, 0.15) is 38.2 Å². The molecule has 0 fully saturated rings. The normalized spacial score (nSPS) is 10.8. The second-order valence-electron chi connectivity index (χ2n) is 8.53. The van der Waals surface area contributed by atoms with Gasteiger partial charge in [-0.05, 0) is 54.1 Å². The summed E-state index contributed by atoms with van der Waals surface area (Å²) in [7, 11) is 0. The number of rotatable bonds is 13. The fraction of sp³-hybridized carbons (Fsp3) is 0.286. The molecule has 0 spiro atoms. The van der Waals surface area contributed by atoms with Gasteiger partial charge in [0, 0.05) is 22.9 Å². The van der Waals surface area contributed by atoms with Crippen LogP contribution in [0.4, 0.5) is 10.1 Å². The van der Waals surface area contributed by atoms with Crippen LogP contribution in [-0.4, -0.2) is 32.7 Å². The van der Waals surface area contributed by atoms with Crippen molar-refractivity contribution in [3.05, 3.63) is 84.2 Å². The summed E-state index contributed by atoms with van der Waals surface area (Å²) in [5, 5.41) is 15.2. The van der Waals surface area contributed by atoms with E-state index >= 15 is 0 Å². The SMILES string of the molecule is CCCCCCOc1cccc(NC(=O)Cn2nnc(-c3ccc(OCc4ccccc4F)cc3)n2)c1. The monoisotopic (exact) mass is 503 g/mol. The zero-order valence-corrected chi connectivity index (χ0v) is 20.8. The van der Waals surface area contributed by atoms with E-state index in [1.165, 1.54) is 23.7 Å². The predicted octanol–water partition coefficient (Wildman–Crippen LogP) is 5.66. The van der Waals surface area contributed by atoms with Crippen LogP contribution in [0, 0.1) is 5.82 Å². The number of ether oxygens (including phenoxy) is 2. The molecule has 37 heavy (non-hydrogen) atoms. The van der Waals surface area contributed by atoms with Gasteiger partial charge in [0.25, 0.3) is 0 Å². The molecule has 1 heterocycles. The van der Waals surface area contributed by atoms with Crippen LogP contribution in [0.2, 0.25) is 0 Å². The molecule has 0 aliphatic heterocycles. The Hall–Kier alpha value is -4.27. The van der Waals surface area contributed by atoms with E-state index in [4.69, 9.17) is 9.47 Å². The molecule has 0 atom stereocenters. The van der Waals surface area contributed by atoms with Crippen molar-refractivity contribution in [1.82, 2.24) is 20.2 Å². The lowest BCUT2D eigenvalue weighted by atomic mass is 10.2. The Morgan fingerprint density at radius 1 is 0.946 bits per heavy atom. The molecular formula is C28H30FN5O3. The number of aromatic nitrogens is 4. The number of nitrogens with one attached hydrogen (secondary N) is 1. The van der Waals surface area contributed by atoms with E-state index in [0.29, 0.717) is 35.0 Å². The minimum absolute atomic E-state index is 0.0844. The number of halogens is 1. The molecule has 1 aromatic heterocycles. The lowest BCUT2D eigenvalue weighted by Crippen LogP contribution is -2.20. The minimum Gasteiger partial charge on any atom is -0.494 e. The number of carbonyl (C=O) groups is 1. The molecule has 1 amide bonds. The smallest absolute Gasteiger partial charge is 0.248 e. The van der Waals surface area contributed by atoms with Crippen LogP contribution >= 0.6 is 0 Å². The van der Waals surface area contributed by atoms with Gasteiger partial charge in [0.1, 0.15) is 30.5 Å².